The first kappa shape index (κ1) is 23.7. The van der Waals surface area contributed by atoms with Gasteiger partial charge in [0.2, 0.25) is 15.9 Å². The van der Waals surface area contributed by atoms with Crippen LogP contribution in [-0.4, -0.2) is 53.0 Å². The van der Waals surface area contributed by atoms with E-state index in [9.17, 15) is 26.4 Å². The van der Waals surface area contributed by atoms with Crippen molar-refractivity contribution in [3.05, 3.63) is 60.7 Å². The van der Waals surface area contributed by atoms with E-state index in [1.807, 2.05) is 0 Å². The summed E-state index contributed by atoms with van der Waals surface area (Å²) < 4.78 is 67.3. The van der Waals surface area contributed by atoms with Gasteiger partial charge in [-0.05, 0) is 55.3 Å². The fourth-order valence-electron chi connectivity index (χ4n) is 3.54. The maximum absolute atomic E-state index is 13.2. The molecule has 0 bridgehead atoms. The molecule has 1 aliphatic rings. The Hall–Kier alpha value is -3.45. The van der Waals surface area contributed by atoms with E-state index in [2.05, 4.69) is 20.7 Å². The zero-order valence-electron chi connectivity index (χ0n) is 17.8. The highest BCUT2D eigenvalue weighted by Crippen LogP contribution is 2.33. The Morgan fingerprint density at radius 1 is 1.06 bits per heavy atom. The Bertz CT molecular complexity index is 1260. The average molecular weight is 494 g/mol. The van der Waals surface area contributed by atoms with Crippen LogP contribution in [0.4, 0.5) is 24.5 Å². The van der Waals surface area contributed by atoms with Crippen LogP contribution in [0, 0.1) is 0 Å². The number of carbonyl (C=O) groups excluding carboxylic acids is 1. The van der Waals surface area contributed by atoms with Crippen molar-refractivity contribution in [2.75, 3.05) is 30.3 Å². The molecule has 2 N–H and O–H groups in total. The molecule has 4 rings (SSSR count). The number of carbonyl (C=O) groups is 1. The maximum atomic E-state index is 13.2. The number of hydrogen-bond donors (Lipinski definition) is 2. The topological polar surface area (TPSA) is 109 Å². The van der Waals surface area contributed by atoms with Crippen molar-refractivity contribution >= 4 is 27.3 Å². The van der Waals surface area contributed by atoms with E-state index < -0.39 is 27.7 Å². The molecule has 2 aromatic carbocycles. The number of aromatic nitrogens is 3. The number of hydrogen-bond acceptors (Lipinski definition) is 6. The second-order valence-electron chi connectivity index (χ2n) is 7.61. The summed E-state index contributed by atoms with van der Waals surface area (Å²) >= 11 is 0. The summed E-state index contributed by atoms with van der Waals surface area (Å²) in [6, 6.07) is 8.87. The van der Waals surface area contributed by atoms with Crippen molar-refractivity contribution in [3.63, 3.8) is 0 Å². The predicted molar refractivity (Wildman–Crippen MR) is 118 cm³/mol. The first-order valence-corrected chi connectivity index (χ1v) is 11.8. The number of anilines is 2. The second kappa shape index (κ2) is 9.43. The normalized spacial score (nSPS) is 14.8. The molecule has 0 unspecified atom stereocenters. The third-order valence-corrected chi connectivity index (χ3v) is 7.19. The van der Waals surface area contributed by atoms with Crippen LogP contribution >= 0.6 is 0 Å². The van der Waals surface area contributed by atoms with Gasteiger partial charge < -0.3 is 10.6 Å². The SMILES string of the molecule is O=C(CNc1ccc(S(=O)(=O)N2CCCC2)cc1)Nc1cc(C(F)(F)F)ccc1-n1cncn1. The number of alkyl halides is 3. The van der Waals surface area contributed by atoms with Crippen molar-refractivity contribution in [1.82, 2.24) is 19.1 Å². The van der Waals surface area contributed by atoms with Crippen LogP contribution in [0.5, 0.6) is 0 Å². The van der Waals surface area contributed by atoms with E-state index in [1.165, 1.54) is 52.0 Å². The Morgan fingerprint density at radius 2 is 1.76 bits per heavy atom. The maximum Gasteiger partial charge on any atom is 0.416 e. The minimum atomic E-state index is -4.59. The van der Waals surface area contributed by atoms with Crippen LogP contribution in [0.1, 0.15) is 18.4 Å². The van der Waals surface area contributed by atoms with Gasteiger partial charge in [0, 0.05) is 18.8 Å². The summed E-state index contributed by atoms with van der Waals surface area (Å²) in [7, 11) is -3.55. The summed E-state index contributed by atoms with van der Waals surface area (Å²) in [6.07, 6.45) is -0.403. The van der Waals surface area contributed by atoms with Gasteiger partial charge in [-0.1, -0.05) is 0 Å². The molecule has 3 aromatic rings. The van der Waals surface area contributed by atoms with Gasteiger partial charge in [-0.15, -0.1) is 0 Å². The van der Waals surface area contributed by atoms with Crippen LogP contribution in [0.3, 0.4) is 0 Å². The van der Waals surface area contributed by atoms with Gasteiger partial charge in [-0.3, -0.25) is 4.79 Å². The number of nitrogens with zero attached hydrogens (tertiary/aromatic N) is 4. The standard InChI is InChI=1S/C21H21F3N6O3S/c22-21(23,24)15-3-8-19(30-14-25-13-27-30)18(11-15)28-20(31)12-26-16-4-6-17(7-5-16)34(32,33)29-9-1-2-10-29/h3-8,11,13-14,26H,1-2,9-10,12H2,(H,28,31). The summed E-state index contributed by atoms with van der Waals surface area (Å²) in [6.45, 7) is 0.731. The quantitative estimate of drug-likeness (QED) is 0.523. The lowest BCUT2D eigenvalue weighted by atomic mass is 10.1. The molecule has 0 saturated carbocycles. The molecule has 1 aliphatic heterocycles. The second-order valence-corrected chi connectivity index (χ2v) is 9.54. The molecule has 1 saturated heterocycles. The number of amides is 1. The highest BCUT2D eigenvalue weighted by atomic mass is 32.2. The molecule has 9 nitrogen and oxygen atoms in total. The highest BCUT2D eigenvalue weighted by Gasteiger charge is 2.31. The number of benzene rings is 2. The molecule has 1 amide bonds. The molecule has 2 heterocycles. The zero-order valence-corrected chi connectivity index (χ0v) is 18.6. The van der Waals surface area contributed by atoms with Gasteiger partial charge in [0.1, 0.15) is 12.7 Å². The van der Waals surface area contributed by atoms with Crippen LogP contribution in [0.15, 0.2) is 60.0 Å². The molecule has 1 aromatic heterocycles. The highest BCUT2D eigenvalue weighted by molar-refractivity contribution is 7.89. The molecule has 1 fully saturated rings. The minimum absolute atomic E-state index is 0.0841. The van der Waals surface area contributed by atoms with E-state index in [0.29, 0.717) is 18.8 Å². The van der Waals surface area contributed by atoms with E-state index >= 15 is 0 Å². The monoisotopic (exact) mass is 494 g/mol. The molecule has 0 aliphatic carbocycles. The Labute approximate surface area is 193 Å². The summed E-state index contributed by atoms with van der Waals surface area (Å²) in [5, 5.41) is 9.20. The van der Waals surface area contributed by atoms with Crippen LogP contribution in [0.25, 0.3) is 5.69 Å². The minimum Gasteiger partial charge on any atom is -0.376 e. The largest absolute Gasteiger partial charge is 0.416 e. The van der Waals surface area contributed by atoms with Gasteiger partial charge in [0.05, 0.1) is 28.4 Å². The van der Waals surface area contributed by atoms with Crippen molar-refractivity contribution in [2.45, 2.75) is 23.9 Å². The number of rotatable bonds is 7. The molecule has 0 spiro atoms. The third-order valence-electron chi connectivity index (χ3n) is 5.27. The van der Waals surface area contributed by atoms with Gasteiger partial charge >= 0.3 is 6.18 Å². The average Bonchev–Trinajstić information content (AvgIpc) is 3.52. The Balaban J connectivity index is 1.44. The molecule has 13 heteroatoms. The fourth-order valence-corrected chi connectivity index (χ4v) is 5.06. The van der Waals surface area contributed by atoms with Gasteiger partial charge in [-0.2, -0.15) is 22.6 Å². The summed E-state index contributed by atoms with van der Waals surface area (Å²) in [4.78, 5) is 16.4. The summed E-state index contributed by atoms with van der Waals surface area (Å²) in [5.74, 6) is -0.602. The molecular formula is C21H21F3N6O3S. The lowest BCUT2D eigenvalue weighted by Gasteiger charge is -2.16. The van der Waals surface area contributed by atoms with Crippen molar-refractivity contribution in [1.29, 1.82) is 0 Å². The van der Waals surface area contributed by atoms with Crippen LogP contribution in [0.2, 0.25) is 0 Å². The van der Waals surface area contributed by atoms with E-state index in [1.54, 1.807) is 0 Å². The van der Waals surface area contributed by atoms with Gasteiger partial charge in [-0.25, -0.2) is 18.1 Å². The molecule has 180 valence electrons. The van der Waals surface area contributed by atoms with E-state index in [-0.39, 0.29) is 22.8 Å². The molecule has 34 heavy (non-hydrogen) atoms. The van der Waals surface area contributed by atoms with E-state index in [4.69, 9.17) is 0 Å². The zero-order chi connectivity index (χ0) is 24.3. The lowest BCUT2D eigenvalue weighted by molar-refractivity contribution is -0.137. The van der Waals surface area contributed by atoms with Crippen molar-refractivity contribution in [3.8, 4) is 5.69 Å². The van der Waals surface area contributed by atoms with Gasteiger partial charge in [0.15, 0.2) is 0 Å². The van der Waals surface area contributed by atoms with Crippen molar-refractivity contribution in [2.24, 2.45) is 0 Å². The number of nitrogens with one attached hydrogen (secondary N) is 2. The lowest BCUT2D eigenvalue weighted by Crippen LogP contribution is -2.27. The van der Waals surface area contributed by atoms with Crippen molar-refractivity contribution < 1.29 is 26.4 Å². The van der Waals surface area contributed by atoms with Crippen LogP contribution < -0.4 is 10.6 Å². The predicted octanol–water partition coefficient (Wildman–Crippen LogP) is 3.12. The van der Waals surface area contributed by atoms with Gasteiger partial charge in [0.25, 0.3) is 0 Å². The molecule has 0 radical (unpaired) electrons. The number of sulfonamides is 1. The first-order chi connectivity index (χ1) is 16.1. The summed E-state index contributed by atoms with van der Waals surface area (Å²) in [5.41, 5.74) is -0.306. The fraction of sp³-hybridized carbons (Fsp3) is 0.286. The van der Waals surface area contributed by atoms with Crippen LogP contribution in [-0.2, 0) is 21.0 Å². The number of halogens is 3. The third kappa shape index (κ3) is 5.20. The molecule has 0 atom stereocenters. The van der Waals surface area contributed by atoms with E-state index in [0.717, 1.165) is 25.0 Å². The smallest absolute Gasteiger partial charge is 0.376 e. The molecular weight excluding hydrogens is 473 g/mol. The Kier molecular flexibility index (Phi) is 6.57. The Morgan fingerprint density at radius 3 is 2.38 bits per heavy atom. The first-order valence-electron chi connectivity index (χ1n) is 10.3.